The maximum absolute atomic E-state index is 11.5. The van der Waals surface area contributed by atoms with Crippen molar-refractivity contribution in [1.29, 1.82) is 0 Å². The van der Waals surface area contributed by atoms with Gasteiger partial charge in [0.05, 0.1) is 13.2 Å². The van der Waals surface area contributed by atoms with E-state index in [1.807, 2.05) is 0 Å². The first-order valence-corrected chi connectivity index (χ1v) is 7.56. The Morgan fingerprint density at radius 2 is 1.40 bits per heavy atom. The highest BCUT2D eigenvalue weighted by Crippen LogP contribution is 2.15. The summed E-state index contributed by atoms with van der Waals surface area (Å²) in [4.78, 5) is 11.5. The summed E-state index contributed by atoms with van der Waals surface area (Å²) in [6.45, 7) is 1.59. The molecule has 5 heteroatoms. The lowest BCUT2D eigenvalue weighted by molar-refractivity contribution is -0.149. The van der Waals surface area contributed by atoms with E-state index in [9.17, 15) is 4.79 Å². The van der Waals surface area contributed by atoms with Gasteiger partial charge in [-0.3, -0.25) is 4.79 Å². The standard InChI is InChI=1S/C15H30O5/c1-15(11-17,12-18)13-20-14(19)9-7-5-3-2-4-6-8-10-16/h16-18H,2-13H2,1H3. The Morgan fingerprint density at radius 3 is 1.90 bits per heavy atom. The fraction of sp³-hybridized carbons (Fsp3) is 0.933. The highest BCUT2D eigenvalue weighted by atomic mass is 16.5. The van der Waals surface area contributed by atoms with E-state index in [2.05, 4.69) is 0 Å². The zero-order chi connectivity index (χ0) is 15.3. The third-order valence-electron chi connectivity index (χ3n) is 3.38. The quantitative estimate of drug-likeness (QED) is 0.354. The molecule has 5 nitrogen and oxygen atoms in total. The Labute approximate surface area is 122 Å². The van der Waals surface area contributed by atoms with Gasteiger partial charge in [0.2, 0.25) is 0 Å². The molecule has 0 aliphatic rings. The molecule has 0 heterocycles. The summed E-state index contributed by atoms with van der Waals surface area (Å²) in [6.07, 6.45) is 7.53. The summed E-state index contributed by atoms with van der Waals surface area (Å²) in [6, 6.07) is 0. The third-order valence-corrected chi connectivity index (χ3v) is 3.38. The number of hydrogen-bond acceptors (Lipinski definition) is 5. The predicted molar refractivity (Wildman–Crippen MR) is 77.3 cm³/mol. The van der Waals surface area contributed by atoms with E-state index in [1.54, 1.807) is 6.92 Å². The van der Waals surface area contributed by atoms with Gasteiger partial charge < -0.3 is 20.1 Å². The number of esters is 1. The van der Waals surface area contributed by atoms with Gasteiger partial charge in [-0.25, -0.2) is 0 Å². The summed E-state index contributed by atoms with van der Waals surface area (Å²) in [5.74, 6) is -0.265. The molecule has 0 saturated carbocycles. The minimum Gasteiger partial charge on any atom is -0.465 e. The fourth-order valence-electron chi connectivity index (χ4n) is 1.73. The van der Waals surface area contributed by atoms with Gasteiger partial charge in [0.25, 0.3) is 0 Å². The second-order valence-corrected chi connectivity index (χ2v) is 5.74. The van der Waals surface area contributed by atoms with Crippen LogP contribution in [0.5, 0.6) is 0 Å². The monoisotopic (exact) mass is 290 g/mol. The number of aliphatic hydroxyl groups excluding tert-OH is 3. The molecule has 0 atom stereocenters. The molecule has 120 valence electrons. The molecule has 0 saturated heterocycles. The smallest absolute Gasteiger partial charge is 0.305 e. The molecular formula is C15H30O5. The van der Waals surface area contributed by atoms with Crippen molar-refractivity contribution in [2.45, 2.75) is 58.3 Å². The maximum atomic E-state index is 11.5. The molecule has 0 bridgehead atoms. The van der Waals surface area contributed by atoms with Gasteiger partial charge in [0.15, 0.2) is 0 Å². The van der Waals surface area contributed by atoms with Crippen LogP contribution in [0.3, 0.4) is 0 Å². The van der Waals surface area contributed by atoms with Crippen LogP contribution < -0.4 is 0 Å². The van der Waals surface area contributed by atoms with E-state index < -0.39 is 5.41 Å². The van der Waals surface area contributed by atoms with Crippen LogP contribution in [0.1, 0.15) is 58.3 Å². The molecule has 0 radical (unpaired) electrons. The second-order valence-electron chi connectivity index (χ2n) is 5.74. The molecule has 3 N–H and O–H groups in total. The van der Waals surface area contributed by atoms with Crippen molar-refractivity contribution in [2.75, 3.05) is 26.4 Å². The summed E-state index contributed by atoms with van der Waals surface area (Å²) in [7, 11) is 0. The van der Waals surface area contributed by atoms with E-state index in [-0.39, 0.29) is 32.4 Å². The van der Waals surface area contributed by atoms with Gasteiger partial charge in [-0.15, -0.1) is 0 Å². The molecule has 0 rings (SSSR count). The molecule has 0 amide bonds. The molecule has 0 aliphatic carbocycles. The van der Waals surface area contributed by atoms with Crippen LogP contribution in [0.25, 0.3) is 0 Å². The molecule has 0 aromatic carbocycles. The lowest BCUT2D eigenvalue weighted by atomic mass is 9.94. The SMILES string of the molecule is CC(CO)(CO)COC(=O)CCCCCCCCCO. The van der Waals surface area contributed by atoms with Crippen molar-refractivity contribution in [3.8, 4) is 0 Å². The molecule has 20 heavy (non-hydrogen) atoms. The largest absolute Gasteiger partial charge is 0.465 e. The second kappa shape index (κ2) is 12.1. The van der Waals surface area contributed by atoms with Gasteiger partial charge in [0.1, 0.15) is 6.61 Å². The molecule has 0 aromatic rings. The first kappa shape index (κ1) is 19.4. The Kier molecular flexibility index (Phi) is 11.7. The number of aliphatic hydroxyl groups is 3. The summed E-state index contributed by atoms with van der Waals surface area (Å²) >= 11 is 0. The van der Waals surface area contributed by atoms with Gasteiger partial charge in [-0.2, -0.15) is 0 Å². The maximum Gasteiger partial charge on any atom is 0.305 e. The molecule has 0 aromatic heterocycles. The molecule has 0 aliphatic heterocycles. The Morgan fingerprint density at radius 1 is 0.900 bits per heavy atom. The van der Waals surface area contributed by atoms with Crippen LogP contribution in [-0.2, 0) is 9.53 Å². The Bertz CT molecular complexity index is 238. The van der Waals surface area contributed by atoms with Crippen molar-refractivity contribution in [3.63, 3.8) is 0 Å². The number of ether oxygens (including phenoxy) is 1. The van der Waals surface area contributed by atoms with Gasteiger partial charge >= 0.3 is 5.97 Å². The van der Waals surface area contributed by atoms with Crippen molar-refractivity contribution in [2.24, 2.45) is 5.41 Å². The lowest BCUT2D eigenvalue weighted by Gasteiger charge is -2.23. The number of hydrogen-bond donors (Lipinski definition) is 3. The van der Waals surface area contributed by atoms with E-state index in [4.69, 9.17) is 20.1 Å². The first-order chi connectivity index (χ1) is 9.58. The van der Waals surface area contributed by atoms with Crippen molar-refractivity contribution in [1.82, 2.24) is 0 Å². The van der Waals surface area contributed by atoms with E-state index in [0.717, 1.165) is 44.9 Å². The fourth-order valence-corrected chi connectivity index (χ4v) is 1.73. The van der Waals surface area contributed by atoms with Crippen molar-refractivity contribution in [3.05, 3.63) is 0 Å². The van der Waals surface area contributed by atoms with Gasteiger partial charge in [-0.1, -0.05) is 39.0 Å². The number of unbranched alkanes of at least 4 members (excludes halogenated alkanes) is 6. The minimum atomic E-state index is -0.748. The summed E-state index contributed by atoms with van der Waals surface area (Å²) in [5.41, 5.74) is -0.748. The van der Waals surface area contributed by atoms with Gasteiger partial charge in [0, 0.05) is 18.4 Å². The van der Waals surface area contributed by atoms with Crippen molar-refractivity contribution < 1.29 is 24.9 Å². The molecule has 0 unspecified atom stereocenters. The van der Waals surface area contributed by atoms with Crippen LogP contribution in [0, 0.1) is 5.41 Å². The third kappa shape index (κ3) is 10.2. The van der Waals surface area contributed by atoms with E-state index in [0.29, 0.717) is 6.42 Å². The average Bonchev–Trinajstić information content (AvgIpc) is 2.47. The van der Waals surface area contributed by atoms with E-state index in [1.165, 1.54) is 0 Å². The average molecular weight is 290 g/mol. The van der Waals surface area contributed by atoms with Crippen LogP contribution in [0.15, 0.2) is 0 Å². The van der Waals surface area contributed by atoms with Crippen LogP contribution in [-0.4, -0.2) is 47.7 Å². The van der Waals surface area contributed by atoms with E-state index >= 15 is 0 Å². The zero-order valence-electron chi connectivity index (χ0n) is 12.6. The zero-order valence-corrected chi connectivity index (χ0v) is 12.6. The first-order valence-electron chi connectivity index (χ1n) is 7.56. The highest BCUT2D eigenvalue weighted by Gasteiger charge is 2.24. The minimum absolute atomic E-state index is 0.0555. The molecule has 0 fully saturated rings. The van der Waals surface area contributed by atoms with Gasteiger partial charge in [-0.05, 0) is 12.8 Å². The highest BCUT2D eigenvalue weighted by molar-refractivity contribution is 5.69. The number of carbonyl (C=O) groups is 1. The van der Waals surface area contributed by atoms with Crippen LogP contribution in [0.4, 0.5) is 0 Å². The lowest BCUT2D eigenvalue weighted by Crippen LogP contribution is -2.32. The number of rotatable bonds is 13. The number of carbonyl (C=O) groups excluding carboxylic acids is 1. The van der Waals surface area contributed by atoms with Crippen LogP contribution in [0.2, 0.25) is 0 Å². The summed E-state index contributed by atoms with van der Waals surface area (Å²) in [5, 5.41) is 26.8. The Hall–Kier alpha value is -0.650. The topological polar surface area (TPSA) is 87.0 Å². The predicted octanol–water partition coefficient (Wildman–Crippen LogP) is 1.63. The van der Waals surface area contributed by atoms with Crippen molar-refractivity contribution >= 4 is 5.97 Å². The summed E-state index contributed by atoms with van der Waals surface area (Å²) < 4.78 is 5.06. The van der Waals surface area contributed by atoms with Crippen LogP contribution >= 0.6 is 0 Å². The molecular weight excluding hydrogens is 260 g/mol. The normalized spacial score (nSPS) is 11.6. The molecule has 0 spiro atoms. The Balaban J connectivity index is 3.45.